The first-order chi connectivity index (χ1) is 7.60. The fraction of sp³-hybridized carbons (Fsp3) is 0.818. The van der Waals surface area contributed by atoms with Crippen molar-refractivity contribution in [2.45, 2.75) is 38.9 Å². The average molecular weight is 248 g/mol. The average Bonchev–Trinajstić information content (AvgIpc) is 2.24. The van der Waals surface area contributed by atoms with Crippen molar-refractivity contribution in [3.05, 3.63) is 0 Å². The molecule has 0 aliphatic rings. The van der Waals surface area contributed by atoms with E-state index in [1.807, 2.05) is 6.92 Å². The maximum absolute atomic E-state index is 11.1. The van der Waals surface area contributed by atoms with Crippen LogP contribution in [0.4, 0.5) is 0 Å². The molecule has 0 radical (unpaired) electrons. The smallest absolute Gasteiger partial charge is 0.315 e. The third-order valence-electron chi connectivity index (χ3n) is 1.85. The van der Waals surface area contributed by atoms with Gasteiger partial charge in [-0.05, 0) is 20.3 Å². The third kappa shape index (κ3) is 8.59. The van der Waals surface area contributed by atoms with Gasteiger partial charge < -0.3 is 9.47 Å². The van der Waals surface area contributed by atoms with Crippen LogP contribution < -0.4 is 0 Å². The fourth-order valence-corrected chi connectivity index (χ4v) is 1.84. The molecule has 0 aromatic heterocycles. The topological polar surface area (TPSA) is 52.6 Å². The predicted octanol–water partition coefficient (Wildman–Crippen LogP) is 2.01. The van der Waals surface area contributed by atoms with E-state index in [-0.39, 0.29) is 17.2 Å². The molecule has 0 rings (SSSR count). The summed E-state index contributed by atoms with van der Waals surface area (Å²) in [6.07, 6.45) is 1.13. The zero-order chi connectivity index (χ0) is 12.4. The van der Waals surface area contributed by atoms with E-state index in [1.165, 1.54) is 11.8 Å². The van der Waals surface area contributed by atoms with Crippen LogP contribution in [0.5, 0.6) is 0 Å². The number of rotatable bonds is 8. The summed E-state index contributed by atoms with van der Waals surface area (Å²) in [4.78, 5) is 22.1. The molecule has 0 spiro atoms. The molecule has 16 heavy (non-hydrogen) atoms. The molecule has 4 nitrogen and oxygen atoms in total. The Labute approximate surface area is 101 Å². The SMILES string of the molecule is CCOC(=O)CCC(C)SCC(=O)OCC. The Hall–Kier alpha value is -0.710. The Kier molecular flexibility index (Phi) is 9.09. The van der Waals surface area contributed by atoms with Crippen LogP contribution >= 0.6 is 11.8 Å². The van der Waals surface area contributed by atoms with E-state index < -0.39 is 0 Å². The highest BCUT2D eigenvalue weighted by atomic mass is 32.2. The zero-order valence-electron chi connectivity index (χ0n) is 10.2. The van der Waals surface area contributed by atoms with Gasteiger partial charge in [0.05, 0.1) is 19.0 Å². The zero-order valence-corrected chi connectivity index (χ0v) is 11.0. The first-order valence-electron chi connectivity index (χ1n) is 5.53. The lowest BCUT2D eigenvalue weighted by Gasteiger charge is -2.09. The van der Waals surface area contributed by atoms with E-state index in [0.29, 0.717) is 25.4 Å². The van der Waals surface area contributed by atoms with Crippen LogP contribution in [0.15, 0.2) is 0 Å². The van der Waals surface area contributed by atoms with Gasteiger partial charge in [0.1, 0.15) is 0 Å². The van der Waals surface area contributed by atoms with Crippen LogP contribution in [0.2, 0.25) is 0 Å². The van der Waals surface area contributed by atoms with Gasteiger partial charge in [0.15, 0.2) is 0 Å². The molecule has 0 bridgehead atoms. The summed E-state index contributed by atoms with van der Waals surface area (Å²) in [6.45, 7) is 6.40. The molecule has 94 valence electrons. The lowest BCUT2D eigenvalue weighted by molar-refractivity contribution is -0.143. The minimum absolute atomic E-state index is 0.175. The van der Waals surface area contributed by atoms with Gasteiger partial charge in [-0.2, -0.15) is 0 Å². The van der Waals surface area contributed by atoms with E-state index in [1.54, 1.807) is 13.8 Å². The largest absolute Gasteiger partial charge is 0.466 e. The quantitative estimate of drug-likeness (QED) is 0.615. The van der Waals surface area contributed by atoms with Crippen molar-refractivity contribution in [3.63, 3.8) is 0 Å². The highest BCUT2D eigenvalue weighted by Gasteiger charge is 2.10. The van der Waals surface area contributed by atoms with E-state index in [2.05, 4.69) is 0 Å². The Balaban J connectivity index is 3.54. The summed E-state index contributed by atoms with van der Waals surface area (Å²) in [5.74, 6) is -0.0285. The highest BCUT2D eigenvalue weighted by molar-refractivity contribution is 8.00. The van der Waals surface area contributed by atoms with Crippen LogP contribution in [0.25, 0.3) is 0 Å². The Morgan fingerprint density at radius 2 is 1.69 bits per heavy atom. The number of thioether (sulfide) groups is 1. The van der Waals surface area contributed by atoms with Gasteiger partial charge in [-0.25, -0.2) is 0 Å². The Morgan fingerprint density at radius 1 is 1.12 bits per heavy atom. The van der Waals surface area contributed by atoms with Crippen molar-refractivity contribution in [3.8, 4) is 0 Å². The van der Waals surface area contributed by atoms with Crippen molar-refractivity contribution in [1.29, 1.82) is 0 Å². The van der Waals surface area contributed by atoms with Crippen molar-refractivity contribution in [1.82, 2.24) is 0 Å². The number of esters is 2. The molecule has 0 saturated carbocycles. The van der Waals surface area contributed by atoms with Gasteiger partial charge >= 0.3 is 11.9 Å². The normalized spacial score (nSPS) is 11.9. The maximum atomic E-state index is 11.1. The molecule has 5 heteroatoms. The third-order valence-corrected chi connectivity index (χ3v) is 3.06. The number of carbonyl (C=O) groups excluding carboxylic acids is 2. The molecule has 0 heterocycles. The molecule has 1 atom stereocenters. The molecule has 1 unspecified atom stereocenters. The van der Waals surface area contributed by atoms with Crippen molar-refractivity contribution < 1.29 is 19.1 Å². The van der Waals surface area contributed by atoms with Crippen LogP contribution in [0.3, 0.4) is 0 Å². The molecule has 0 aromatic rings. The second kappa shape index (κ2) is 9.51. The maximum Gasteiger partial charge on any atom is 0.315 e. The summed E-state index contributed by atoms with van der Waals surface area (Å²) in [7, 11) is 0. The molecule has 0 aliphatic carbocycles. The van der Waals surface area contributed by atoms with E-state index in [0.717, 1.165) is 6.42 Å². The second-order valence-corrected chi connectivity index (χ2v) is 4.70. The minimum Gasteiger partial charge on any atom is -0.466 e. The minimum atomic E-state index is -0.199. The number of hydrogen-bond donors (Lipinski definition) is 0. The highest BCUT2D eigenvalue weighted by Crippen LogP contribution is 2.16. The van der Waals surface area contributed by atoms with E-state index in [9.17, 15) is 9.59 Å². The van der Waals surface area contributed by atoms with Crippen molar-refractivity contribution >= 4 is 23.7 Å². The fourth-order valence-electron chi connectivity index (χ4n) is 1.05. The number of hydrogen-bond acceptors (Lipinski definition) is 5. The lowest BCUT2D eigenvalue weighted by Crippen LogP contribution is -2.11. The number of ether oxygens (including phenoxy) is 2. The van der Waals surface area contributed by atoms with Gasteiger partial charge in [-0.15, -0.1) is 11.8 Å². The molecular formula is C11H20O4S. The van der Waals surface area contributed by atoms with Crippen LogP contribution in [0.1, 0.15) is 33.6 Å². The van der Waals surface area contributed by atoms with Gasteiger partial charge in [-0.1, -0.05) is 6.92 Å². The first-order valence-corrected chi connectivity index (χ1v) is 6.57. The van der Waals surface area contributed by atoms with E-state index >= 15 is 0 Å². The standard InChI is InChI=1S/C11H20O4S/c1-4-14-10(12)7-6-9(3)16-8-11(13)15-5-2/h9H,4-8H2,1-3H3. The molecule has 0 fully saturated rings. The summed E-state index contributed by atoms with van der Waals surface area (Å²) >= 11 is 1.50. The number of carbonyl (C=O) groups is 2. The Morgan fingerprint density at radius 3 is 2.25 bits per heavy atom. The molecular weight excluding hydrogens is 228 g/mol. The summed E-state index contributed by atoms with van der Waals surface area (Å²) < 4.78 is 9.62. The predicted molar refractivity (Wildman–Crippen MR) is 64.4 cm³/mol. The van der Waals surface area contributed by atoms with Crippen molar-refractivity contribution in [2.75, 3.05) is 19.0 Å². The second-order valence-electron chi connectivity index (χ2n) is 3.27. The van der Waals surface area contributed by atoms with Crippen LogP contribution in [0, 0.1) is 0 Å². The van der Waals surface area contributed by atoms with Crippen LogP contribution in [-0.4, -0.2) is 36.2 Å². The first kappa shape index (κ1) is 15.3. The molecule has 0 aliphatic heterocycles. The molecule has 0 saturated heterocycles. The molecule has 0 aromatic carbocycles. The van der Waals surface area contributed by atoms with Gasteiger partial charge in [-0.3, -0.25) is 9.59 Å². The monoisotopic (exact) mass is 248 g/mol. The lowest BCUT2D eigenvalue weighted by atomic mass is 10.2. The summed E-state index contributed by atoms with van der Waals surface area (Å²) in [5.41, 5.74) is 0. The molecule has 0 amide bonds. The van der Waals surface area contributed by atoms with Gasteiger partial charge in [0.2, 0.25) is 0 Å². The van der Waals surface area contributed by atoms with Crippen LogP contribution in [-0.2, 0) is 19.1 Å². The Bertz CT molecular complexity index is 196. The van der Waals surface area contributed by atoms with Gasteiger partial charge in [0, 0.05) is 11.7 Å². The summed E-state index contributed by atoms with van der Waals surface area (Å²) in [5, 5.41) is 0.258. The molecule has 0 N–H and O–H groups in total. The summed E-state index contributed by atoms with van der Waals surface area (Å²) in [6, 6.07) is 0. The van der Waals surface area contributed by atoms with Gasteiger partial charge in [0.25, 0.3) is 0 Å². The van der Waals surface area contributed by atoms with Crippen molar-refractivity contribution in [2.24, 2.45) is 0 Å². The van der Waals surface area contributed by atoms with E-state index in [4.69, 9.17) is 9.47 Å².